The molecule has 0 aliphatic heterocycles. The summed E-state index contributed by atoms with van der Waals surface area (Å²) in [6, 6.07) is 4.80. The Morgan fingerprint density at radius 3 is 3.00 bits per heavy atom. The number of carboxylic acids is 1. The Hall–Kier alpha value is -1.92. The number of methoxy groups -OCH3 is 1. The minimum atomic E-state index is -0.964. The number of nitrogens with zero attached hydrogens (tertiary/aromatic N) is 2. The largest absolute Gasteiger partial charge is 0.478 e. The number of aromatic carboxylic acids is 1. The summed E-state index contributed by atoms with van der Waals surface area (Å²) in [5.74, 6) is -0.964. The first-order valence-electron chi connectivity index (χ1n) is 5.97. The minimum absolute atomic E-state index is 0.228. The van der Waals surface area contributed by atoms with Crippen molar-refractivity contribution < 1.29 is 19.7 Å². The number of ether oxygens (including phenoxy) is 1. The molecule has 6 heteroatoms. The lowest BCUT2D eigenvalue weighted by molar-refractivity contribution is 0.0567. The van der Waals surface area contributed by atoms with E-state index in [4.69, 9.17) is 9.84 Å². The third-order valence-electron chi connectivity index (χ3n) is 2.93. The van der Waals surface area contributed by atoms with E-state index in [2.05, 4.69) is 4.98 Å². The average Bonchev–Trinajstić information content (AvgIpc) is 2.79. The molecular weight excluding hydrogens is 248 g/mol. The molecular formula is C13H16N2O4. The van der Waals surface area contributed by atoms with Gasteiger partial charge in [-0.2, -0.15) is 0 Å². The number of fused-ring (bicyclic) bond motifs is 1. The van der Waals surface area contributed by atoms with E-state index in [9.17, 15) is 9.90 Å². The number of benzene rings is 1. The van der Waals surface area contributed by atoms with Gasteiger partial charge in [-0.15, -0.1) is 0 Å². The summed E-state index contributed by atoms with van der Waals surface area (Å²) in [7, 11) is 1.54. The molecule has 1 unspecified atom stereocenters. The van der Waals surface area contributed by atoms with Crippen LogP contribution in [0.1, 0.15) is 16.8 Å². The van der Waals surface area contributed by atoms with Crippen molar-refractivity contribution in [3.05, 3.63) is 30.1 Å². The fraction of sp³-hybridized carbons (Fsp3) is 0.385. The second-order valence-electron chi connectivity index (χ2n) is 4.34. The van der Waals surface area contributed by atoms with Gasteiger partial charge in [0.1, 0.15) is 0 Å². The topological polar surface area (TPSA) is 84.6 Å². The van der Waals surface area contributed by atoms with Gasteiger partial charge < -0.3 is 19.5 Å². The number of aryl methyl sites for hydroxylation is 1. The molecule has 2 N–H and O–H groups in total. The van der Waals surface area contributed by atoms with Crippen LogP contribution in [0.5, 0.6) is 0 Å². The summed E-state index contributed by atoms with van der Waals surface area (Å²) in [5, 5.41) is 18.6. The molecule has 0 bridgehead atoms. The summed E-state index contributed by atoms with van der Waals surface area (Å²) in [6.45, 7) is 0.844. The SMILES string of the molecule is COCC(O)CCn1cnc2ccc(C(=O)O)cc21. The molecule has 0 aliphatic carbocycles. The molecule has 0 aliphatic rings. The first kappa shape index (κ1) is 13.5. The van der Waals surface area contributed by atoms with Gasteiger partial charge in [-0.3, -0.25) is 0 Å². The molecule has 2 aromatic rings. The molecule has 1 atom stereocenters. The van der Waals surface area contributed by atoms with Crippen molar-refractivity contribution in [1.29, 1.82) is 0 Å². The van der Waals surface area contributed by atoms with E-state index < -0.39 is 12.1 Å². The molecule has 1 aromatic carbocycles. The number of carboxylic acid groups (broad SMARTS) is 1. The Bertz CT molecular complexity index is 579. The number of rotatable bonds is 6. The normalized spacial score (nSPS) is 12.7. The molecule has 0 radical (unpaired) electrons. The number of aliphatic hydroxyl groups excluding tert-OH is 1. The lowest BCUT2D eigenvalue weighted by atomic mass is 10.2. The highest BCUT2D eigenvalue weighted by Crippen LogP contribution is 2.16. The summed E-state index contributed by atoms with van der Waals surface area (Å²) in [5.41, 5.74) is 1.72. The number of carbonyl (C=O) groups is 1. The molecule has 1 aromatic heterocycles. The monoisotopic (exact) mass is 264 g/mol. The Labute approximate surface area is 110 Å². The van der Waals surface area contributed by atoms with Gasteiger partial charge in [0.15, 0.2) is 0 Å². The van der Waals surface area contributed by atoms with Crippen LogP contribution in [0, 0.1) is 0 Å². The van der Waals surface area contributed by atoms with Gasteiger partial charge in [-0.05, 0) is 24.6 Å². The number of aliphatic hydroxyl groups is 1. The molecule has 6 nitrogen and oxygen atoms in total. The maximum absolute atomic E-state index is 10.9. The number of hydrogen-bond acceptors (Lipinski definition) is 4. The van der Waals surface area contributed by atoms with Gasteiger partial charge >= 0.3 is 5.97 Å². The van der Waals surface area contributed by atoms with Crippen LogP contribution in [0.2, 0.25) is 0 Å². The van der Waals surface area contributed by atoms with E-state index >= 15 is 0 Å². The number of hydrogen-bond donors (Lipinski definition) is 2. The smallest absolute Gasteiger partial charge is 0.335 e. The molecule has 0 saturated carbocycles. The van der Waals surface area contributed by atoms with Crippen LogP contribution < -0.4 is 0 Å². The van der Waals surface area contributed by atoms with Crippen LogP contribution in [0.4, 0.5) is 0 Å². The maximum atomic E-state index is 10.9. The molecule has 0 saturated heterocycles. The van der Waals surface area contributed by atoms with Crippen molar-refractivity contribution in [2.75, 3.05) is 13.7 Å². The van der Waals surface area contributed by atoms with Crippen molar-refractivity contribution in [2.24, 2.45) is 0 Å². The zero-order valence-electron chi connectivity index (χ0n) is 10.6. The Morgan fingerprint density at radius 1 is 1.53 bits per heavy atom. The van der Waals surface area contributed by atoms with Crippen LogP contribution in [0.15, 0.2) is 24.5 Å². The van der Waals surface area contributed by atoms with Crippen LogP contribution >= 0.6 is 0 Å². The molecule has 0 amide bonds. The number of aromatic nitrogens is 2. The summed E-state index contributed by atoms with van der Waals surface area (Å²) in [6.07, 6.45) is 1.64. The average molecular weight is 264 g/mol. The van der Waals surface area contributed by atoms with Crippen molar-refractivity contribution in [2.45, 2.75) is 19.1 Å². The van der Waals surface area contributed by atoms with E-state index in [0.29, 0.717) is 13.0 Å². The quantitative estimate of drug-likeness (QED) is 0.817. The lowest BCUT2D eigenvalue weighted by Gasteiger charge is -2.10. The summed E-state index contributed by atoms with van der Waals surface area (Å²) in [4.78, 5) is 15.1. The minimum Gasteiger partial charge on any atom is -0.478 e. The predicted molar refractivity (Wildman–Crippen MR) is 69.2 cm³/mol. The fourth-order valence-corrected chi connectivity index (χ4v) is 1.93. The predicted octanol–water partition coefficient (Wildman–Crippen LogP) is 1.13. The van der Waals surface area contributed by atoms with Crippen LogP contribution in [-0.2, 0) is 11.3 Å². The third-order valence-corrected chi connectivity index (χ3v) is 2.93. The molecule has 2 rings (SSSR count). The molecule has 102 valence electrons. The van der Waals surface area contributed by atoms with Crippen molar-refractivity contribution in [1.82, 2.24) is 9.55 Å². The second-order valence-corrected chi connectivity index (χ2v) is 4.34. The van der Waals surface area contributed by atoms with Crippen molar-refractivity contribution in [3.63, 3.8) is 0 Å². The first-order valence-corrected chi connectivity index (χ1v) is 5.97. The van der Waals surface area contributed by atoms with Gasteiger partial charge in [0.2, 0.25) is 0 Å². The van der Waals surface area contributed by atoms with Gasteiger partial charge in [0.25, 0.3) is 0 Å². The van der Waals surface area contributed by atoms with Crippen LogP contribution in [0.3, 0.4) is 0 Å². The fourth-order valence-electron chi connectivity index (χ4n) is 1.93. The molecule has 0 spiro atoms. The Kier molecular flexibility index (Phi) is 4.13. The zero-order chi connectivity index (χ0) is 13.8. The molecule has 0 fully saturated rings. The molecule has 1 heterocycles. The third kappa shape index (κ3) is 3.10. The summed E-state index contributed by atoms with van der Waals surface area (Å²) >= 11 is 0. The van der Waals surface area contributed by atoms with E-state index in [-0.39, 0.29) is 12.2 Å². The van der Waals surface area contributed by atoms with Crippen molar-refractivity contribution >= 4 is 17.0 Å². The molecule has 19 heavy (non-hydrogen) atoms. The van der Waals surface area contributed by atoms with Crippen LogP contribution in [-0.4, -0.2) is 45.6 Å². The summed E-state index contributed by atoms with van der Waals surface area (Å²) < 4.78 is 6.69. The highest BCUT2D eigenvalue weighted by atomic mass is 16.5. The zero-order valence-corrected chi connectivity index (χ0v) is 10.6. The number of imidazole rings is 1. The van der Waals surface area contributed by atoms with E-state index in [1.165, 1.54) is 13.2 Å². The lowest BCUT2D eigenvalue weighted by Crippen LogP contribution is -2.16. The van der Waals surface area contributed by atoms with Crippen LogP contribution in [0.25, 0.3) is 11.0 Å². The van der Waals surface area contributed by atoms with E-state index in [1.807, 2.05) is 4.57 Å². The highest BCUT2D eigenvalue weighted by molar-refractivity contribution is 5.92. The van der Waals surface area contributed by atoms with Gasteiger partial charge in [-0.1, -0.05) is 0 Å². The maximum Gasteiger partial charge on any atom is 0.335 e. The first-order chi connectivity index (χ1) is 9.11. The van der Waals surface area contributed by atoms with Gasteiger partial charge in [0, 0.05) is 13.7 Å². The Morgan fingerprint density at radius 2 is 2.32 bits per heavy atom. The Balaban J connectivity index is 2.18. The highest BCUT2D eigenvalue weighted by Gasteiger charge is 2.09. The van der Waals surface area contributed by atoms with E-state index in [0.717, 1.165) is 11.0 Å². The van der Waals surface area contributed by atoms with Gasteiger partial charge in [-0.25, -0.2) is 9.78 Å². The van der Waals surface area contributed by atoms with Gasteiger partial charge in [0.05, 0.1) is 35.6 Å². The van der Waals surface area contributed by atoms with Crippen molar-refractivity contribution in [3.8, 4) is 0 Å². The second kappa shape index (κ2) is 5.81. The van der Waals surface area contributed by atoms with E-state index in [1.54, 1.807) is 18.5 Å². The standard InChI is InChI=1S/C13H16N2O4/c1-19-7-10(16)4-5-15-8-14-11-3-2-9(13(17)18)6-12(11)15/h2-3,6,8,10,16H,4-5,7H2,1H3,(H,17,18).